The van der Waals surface area contributed by atoms with Crippen molar-refractivity contribution in [2.45, 2.75) is 60.0 Å². The third-order valence-electron chi connectivity index (χ3n) is 4.44. The van der Waals surface area contributed by atoms with Crippen molar-refractivity contribution < 1.29 is 24.3 Å². The Labute approximate surface area is 149 Å². The van der Waals surface area contributed by atoms with Gasteiger partial charge in [0.05, 0.1) is 5.92 Å². The van der Waals surface area contributed by atoms with Crippen molar-refractivity contribution in [3.63, 3.8) is 0 Å². The maximum absolute atomic E-state index is 12.8. The quantitative estimate of drug-likeness (QED) is 0.589. The molecule has 0 heterocycles. The molecule has 1 fully saturated rings. The minimum Gasteiger partial charge on any atom is -0.374 e. The normalized spacial score (nSPS) is 26.6. The first kappa shape index (κ1) is 21.2. The van der Waals surface area contributed by atoms with Crippen LogP contribution in [-0.2, 0) is 19.2 Å². The van der Waals surface area contributed by atoms with Gasteiger partial charge in [0.25, 0.3) is 0 Å². The van der Waals surface area contributed by atoms with Crippen LogP contribution in [0.15, 0.2) is 23.3 Å². The van der Waals surface area contributed by atoms with Gasteiger partial charge in [0.2, 0.25) is 0 Å². The van der Waals surface area contributed by atoms with E-state index in [9.17, 15) is 24.3 Å². The molecule has 0 aromatic heterocycles. The number of ketones is 4. The molecule has 0 aromatic rings. The molecule has 25 heavy (non-hydrogen) atoms. The van der Waals surface area contributed by atoms with Crippen LogP contribution in [0.5, 0.6) is 0 Å². The van der Waals surface area contributed by atoms with Gasteiger partial charge in [0, 0.05) is 12.3 Å². The highest BCUT2D eigenvalue weighted by Crippen LogP contribution is 2.34. The maximum Gasteiger partial charge on any atom is 0.190 e. The van der Waals surface area contributed by atoms with E-state index < -0.39 is 46.5 Å². The van der Waals surface area contributed by atoms with Gasteiger partial charge in [-0.3, -0.25) is 19.2 Å². The fourth-order valence-corrected chi connectivity index (χ4v) is 2.84. The average Bonchev–Trinajstić information content (AvgIpc) is 2.50. The van der Waals surface area contributed by atoms with Crippen molar-refractivity contribution in [2.75, 3.05) is 0 Å². The van der Waals surface area contributed by atoms with Gasteiger partial charge in [0.1, 0.15) is 5.92 Å². The summed E-state index contributed by atoms with van der Waals surface area (Å²) in [5.74, 6) is -6.28. The van der Waals surface area contributed by atoms with Gasteiger partial charge in [-0.15, -0.1) is 0 Å². The molecular weight excluding hydrogens is 320 g/mol. The van der Waals surface area contributed by atoms with Crippen LogP contribution >= 0.6 is 0 Å². The van der Waals surface area contributed by atoms with Crippen molar-refractivity contribution in [3.05, 3.63) is 23.3 Å². The summed E-state index contributed by atoms with van der Waals surface area (Å²) in [5, 5.41) is 10.8. The predicted molar refractivity (Wildman–Crippen MR) is 94.9 cm³/mol. The molecule has 0 aromatic carbocycles. The highest BCUT2D eigenvalue weighted by Gasteiger charge is 2.59. The van der Waals surface area contributed by atoms with Gasteiger partial charge in [-0.25, -0.2) is 0 Å². The van der Waals surface area contributed by atoms with Crippen LogP contribution in [-0.4, -0.2) is 33.8 Å². The standard InChI is InChI=1S/C20H28O5/c1-11(2)7-8-14-17(22)15(16(21)13(5)6)19(24)20(25,18(14)23)10-9-12(3)4/h7,9,13-15,25H,8,10H2,1-6H3/t14-,15+,20-/m1/s1. The lowest BCUT2D eigenvalue weighted by Gasteiger charge is -2.36. The predicted octanol–water partition coefficient (Wildman–Crippen LogP) is 2.61. The van der Waals surface area contributed by atoms with Crippen LogP contribution in [0.2, 0.25) is 0 Å². The fourth-order valence-electron chi connectivity index (χ4n) is 2.84. The number of hydrogen-bond acceptors (Lipinski definition) is 5. The van der Waals surface area contributed by atoms with Crippen molar-refractivity contribution >= 4 is 23.1 Å². The second kappa shape index (κ2) is 8.00. The lowest BCUT2D eigenvalue weighted by atomic mass is 9.65. The summed E-state index contributed by atoms with van der Waals surface area (Å²) in [6.07, 6.45) is 3.18. The number of allylic oxidation sites excluding steroid dienone is 3. The lowest BCUT2D eigenvalue weighted by Crippen LogP contribution is -2.62. The second-order valence-electron chi connectivity index (χ2n) is 7.54. The zero-order chi connectivity index (χ0) is 19.5. The van der Waals surface area contributed by atoms with Crippen LogP contribution in [0.3, 0.4) is 0 Å². The van der Waals surface area contributed by atoms with Gasteiger partial charge in [0.15, 0.2) is 28.7 Å². The van der Waals surface area contributed by atoms with E-state index in [-0.39, 0.29) is 12.8 Å². The molecule has 1 aliphatic carbocycles. The summed E-state index contributed by atoms with van der Waals surface area (Å²) >= 11 is 0. The molecule has 5 heteroatoms. The molecule has 0 amide bonds. The van der Waals surface area contributed by atoms with Crippen molar-refractivity contribution in [1.29, 1.82) is 0 Å². The molecule has 0 bridgehead atoms. The second-order valence-corrected chi connectivity index (χ2v) is 7.54. The first-order valence-electron chi connectivity index (χ1n) is 8.58. The summed E-state index contributed by atoms with van der Waals surface area (Å²) in [5.41, 5.74) is -0.573. The minimum atomic E-state index is -2.32. The van der Waals surface area contributed by atoms with Crippen LogP contribution in [0, 0.1) is 17.8 Å². The fraction of sp³-hybridized carbons (Fsp3) is 0.600. The maximum atomic E-state index is 12.8. The van der Waals surface area contributed by atoms with E-state index in [2.05, 4.69) is 0 Å². The van der Waals surface area contributed by atoms with E-state index >= 15 is 0 Å². The Hall–Kier alpha value is -1.88. The molecule has 1 rings (SSSR count). The number of aliphatic hydroxyl groups is 1. The molecule has 1 aliphatic rings. The summed E-state index contributed by atoms with van der Waals surface area (Å²) in [6, 6.07) is 0. The van der Waals surface area contributed by atoms with Crippen molar-refractivity contribution in [2.24, 2.45) is 17.8 Å². The van der Waals surface area contributed by atoms with Gasteiger partial charge in [-0.2, -0.15) is 0 Å². The van der Waals surface area contributed by atoms with Crippen LogP contribution < -0.4 is 0 Å². The van der Waals surface area contributed by atoms with Crippen LogP contribution in [0.1, 0.15) is 54.4 Å². The molecular formula is C20H28O5. The number of hydrogen-bond donors (Lipinski definition) is 1. The molecule has 1 saturated carbocycles. The van der Waals surface area contributed by atoms with E-state index in [1.165, 1.54) is 0 Å². The highest BCUT2D eigenvalue weighted by molar-refractivity contribution is 6.35. The van der Waals surface area contributed by atoms with Gasteiger partial charge in [-0.05, 0) is 34.1 Å². The SMILES string of the molecule is CC(C)=CC[C@@H]1C(=O)[C@H](C(=O)C(C)C)C(=O)[C@@](O)(CC=C(C)C)C1=O. The summed E-state index contributed by atoms with van der Waals surface area (Å²) in [7, 11) is 0. The molecule has 0 saturated heterocycles. The molecule has 5 nitrogen and oxygen atoms in total. The third kappa shape index (κ3) is 4.40. The molecule has 138 valence electrons. The number of carbonyl (C=O) groups excluding carboxylic acids is 4. The number of rotatable bonds is 6. The van der Waals surface area contributed by atoms with Gasteiger partial charge in [-0.1, -0.05) is 37.1 Å². The van der Waals surface area contributed by atoms with E-state index in [1.807, 2.05) is 13.8 Å². The summed E-state index contributed by atoms with van der Waals surface area (Å²) < 4.78 is 0. The Morgan fingerprint density at radius 1 is 1.04 bits per heavy atom. The van der Waals surface area contributed by atoms with Gasteiger partial charge < -0.3 is 5.11 Å². The molecule has 0 spiro atoms. The lowest BCUT2D eigenvalue weighted by molar-refractivity contribution is -0.166. The minimum absolute atomic E-state index is 0.0896. The largest absolute Gasteiger partial charge is 0.374 e. The Kier molecular flexibility index (Phi) is 6.77. The Morgan fingerprint density at radius 3 is 2.00 bits per heavy atom. The van der Waals surface area contributed by atoms with E-state index in [0.29, 0.717) is 0 Å². The Morgan fingerprint density at radius 2 is 1.56 bits per heavy atom. The third-order valence-corrected chi connectivity index (χ3v) is 4.44. The topological polar surface area (TPSA) is 88.5 Å². The summed E-state index contributed by atoms with van der Waals surface area (Å²) in [4.78, 5) is 50.7. The first-order chi connectivity index (χ1) is 11.4. The Bertz CT molecular complexity index is 645. The smallest absolute Gasteiger partial charge is 0.190 e. The molecule has 0 unspecified atom stereocenters. The average molecular weight is 348 g/mol. The summed E-state index contributed by atoms with van der Waals surface area (Å²) in [6.45, 7) is 10.4. The van der Waals surface area contributed by atoms with E-state index in [4.69, 9.17) is 0 Å². The Balaban J connectivity index is 3.42. The monoisotopic (exact) mass is 348 g/mol. The molecule has 3 atom stereocenters. The van der Waals surface area contributed by atoms with Crippen molar-refractivity contribution in [1.82, 2.24) is 0 Å². The first-order valence-corrected chi connectivity index (χ1v) is 8.58. The highest BCUT2D eigenvalue weighted by atomic mass is 16.3. The van der Waals surface area contributed by atoms with Gasteiger partial charge >= 0.3 is 0 Å². The molecule has 0 aliphatic heterocycles. The zero-order valence-electron chi connectivity index (χ0n) is 15.9. The molecule has 0 radical (unpaired) electrons. The number of carbonyl (C=O) groups is 4. The van der Waals surface area contributed by atoms with E-state index in [1.54, 1.807) is 39.8 Å². The van der Waals surface area contributed by atoms with Crippen molar-refractivity contribution in [3.8, 4) is 0 Å². The van der Waals surface area contributed by atoms with Crippen LogP contribution in [0.25, 0.3) is 0 Å². The molecule has 1 N–H and O–H groups in total. The van der Waals surface area contributed by atoms with E-state index in [0.717, 1.165) is 11.1 Å². The van der Waals surface area contributed by atoms with Crippen LogP contribution in [0.4, 0.5) is 0 Å². The zero-order valence-corrected chi connectivity index (χ0v) is 15.9. The number of Topliss-reactive ketones (excluding diaryl/α,β-unsaturated/α-hetero) is 4.